The summed E-state index contributed by atoms with van der Waals surface area (Å²) >= 11 is 0. The quantitative estimate of drug-likeness (QED) is 0.277. The highest BCUT2D eigenvalue weighted by Gasteiger charge is 2.62. The molecule has 2 aliphatic heterocycles. The maximum absolute atomic E-state index is 14.5. The van der Waals surface area contributed by atoms with Crippen LogP contribution in [-0.2, 0) is 24.4 Å². The normalized spacial score (nSPS) is 29.9. The fourth-order valence-electron chi connectivity index (χ4n) is 7.39. The molecule has 51 heavy (non-hydrogen) atoms. The largest absolute Gasteiger partial charge is 0.476 e. The van der Waals surface area contributed by atoms with Gasteiger partial charge in [-0.2, -0.15) is 0 Å². The van der Waals surface area contributed by atoms with Crippen molar-refractivity contribution in [1.29, 1.82) is 0 Å². The van der Waals surface area contributed by atoms with Gasteiger partial charge in [0.15, 0.2) is 0 Å². The highest BCUT2D eigenvalue weighted by Crippen LogP contribution is 2.46. The lowest BCUT2D eigenvalue weighted by Crippen LogP contribution is -2.59. The van der Waals surface area contributed by atoms with E-state index in [0.717, 1.165) is 6.42 Å². The third-order valence-corrected chi connectivity index (χ3v) is 12.3. The highest BCUT2D eigenvalue weighted by molar-refractivity contribution is 7.91. The molecule has 276 valence electrons. The molecular formula is C35H46N6O9S. The Kier molecular flexibility index (Phi) is 10.4. The summed E-state index contributed by atoms with van der Waals surface area (Å²) in [6, 6.07) is 4.94. The Morgan fingerprint density at radius 1 is 1.08 bits per heavy atom. The molecule has 15 nitrogen and oxygen atoms in total. The second-order valence-corrected chi connectivity index (χ2v) is 16.1. The number of carbonyl (C=O) groups is 4. The van der Waals surface area contributed by atoms with Gasteiger partial charge in [0.25, 0.3) is 5.91 Å². The van der Waals surface area contributed by atoms with Gasteiger partial charge in [-0.1, -0.05) is 44.6 Å². The third-order valence-electron chi connectivity index (χ3n) is 10.4. The Labute approximate surface area is 296 Å². The van der Waals surface area contributed by atoms with Crippen molar-refractivity contribution in [3.05, 3.63) is 36.4 Å². The average molecular weight is 727 g/mol. The molecule has 0 bridgehead atoms. The summed E-state index contributed by atoms with van der Waals surface area (Å²) in [5, 5.41) is 24.2. The molecule has 4 N–H and O–H groups in total. The van der Waals surface area contributed by atoms with E-state index in [2.05, 4.69) is 25.6 Å². The molecule has 0 radical (unpaired) electrons. The lowest BCUT2D eigenvalue weighted by atomic mass is 9.85. The van der Waals surface area contributed by atoms with Crippen molar-refractivity contribution < 1.29 is 42.2 Å². The Bertz CT molecular complexity index is 1820. The van der Waals surface area contributed by atoms with E-state index < -0.39 is 68.7 Å². The zero-order chi connectivity index (χ0) is 36.5. The van der Waals surface area contributed by atoms with Crippen molar-refractivity contribution >= 4 is 44.6 Å². The first kappa shape index (κ1) is 36.3. The highest BCUT2D eigenvalue weighted by atomic mass is 32.2. The summed E-state index contributed by atoms with van der Waals surface area (Å²) in [4.78, 5) is 55.8. The van der Waals surface area contributed by atoms with E-state index in [1.807, 2.05) is 51.1 Å². The fraction of sp³-hybridized carbons (Fsp3) is 0.600. The number of rotatable bonds is 9. The molecule has 1 saturated heterocycles. The van der Waals surface area contributed by atoms with Crippen LogP contribution in [0.2, 0.25) is 0 Å². The topological polar surface area (TPSA) is 206 Å². The van der Waals surface area contributed by atoms with Gasteiger partial charge >= 0.3 is 6.09 Å². The molecule has 2 aliphatic carbocycles. The van der Waals surface area contributed by atoms with Crippen LogP contribution in [0, 0.1) is 17.8 Å². The van der Waals surface area contributed by atoms with Crippen LogP contribution in [0.3, 0.4) is 0 Å². The van der Waals surface area contributed by atoms with Crippen LogP contribution in [-0.4, -0.2) is 94.6 Å². The van der Waals surface area contributed by atoms with Crippen LogP contribution in [0.5, 0.6) is 11.8 Å². The number of ether oxygens (including phenoxy) is 2. The molecule has 0 spiro atoms. The second-order valence-electron chi connectivity index (χ2n) is 14.2. The van der Waals surface area contributed by atoms with E-state index >= 15 is 0 Å². The van der Waals surface area contributed by atoms with Crippen molar-refractivity contribution in [2.75, 3.05) is 13.2 Å². The van der Waals surface area contributed by atoms with E-state index in [-0.39, 0.29) is 37.1 Å². The zero-order valence-corrected chi connectivity index (χ0v) is 29.9. The molecule has 7 atom stereocenters. The van der Waals surface area contributed by atoms with Crippen LogP contribution < -0.4 is 24.8 Å². The first-order valence-electron chi connectivity index (χ1n) is 17.8. The van der Waals surface area contributed by atoms with Gasteiger partial charge < -0.3 is 30.1 Å². The molecule has 0 unspecified atom stereocenters. The predicted octanol–water partition coefficient (Wildman–Crippen LogP) is 2.90. The number of sulfonamides is 1. The number of allylic oxidation sites excluding steroid dienone is 1. The molecule has 2 aromatic rings. The number of nitrogens with zero attached hydrogens (tertiary/aromatic N) is 3. The van der Waals surface area contributed by atoms with Crippen molar-refractivity contribution in [2.45, 2.75) is 101 Å². The van der Waals surface area contributed by atoms with Gasteiger partial charge in [-0.3, -0.25) is 19.1 Å². The molecule has 3 fully saturated rings. The number of hydrogen-bond donors (Lipinski definition) is 4. The van der Waals surface area contributed by atoms with Crippen LogP contribution in [0.15, 0.2) is 36.4 Å². The Balaban J connectivity index is 1.35. The van der Waals surface area contributed by atoms with Crippen molar-refractivity contribution in [2.24, 2.45) is 17.8 Å². The number of fused-ring (bicyclic) bond motifs is 3. The SMILES string of the molecule is CCOc1nnc(O[C@@H]2C[C@H]3C(=O)N[C@]4(C(=O)NS(=O)(=O)C5CC5)C[C@H]4C=CCC[C@H](C)C[C@@H](CC)[C@H](NC(=O)O)C(=O)N3C2)c2ccccc12. The fourth-order valence-corrected chi connectivity index (χ4v) is 8.76. The standard InChI is InChI=1S/C35H46N6O9S/c1-4-21-16-20(3)10-6-7-11-22-18-35(22,33(44)40-51(47,48)24-14-15-24)37-29(42)27-17-23(19-41(27)32(43)28(21)36-34(45)46)50-31-26-13-9-8-12-25(26)30(38-39-31)49-5-2/h7-9,11-13,20-24,27-28,36H,4-6,10,14-19H2,1-3H3,(H,37,42)(H,40,44)(H,45,46)/t20-,21+,22+,23+,27-,28-,35+/m0/s1. The Morgan fingerprint density at radius 2 is 1.78 bits per heavy atom. The molecule has 4 aliphatic rings. The van der Waals surface area contributed by atoms with Gasteiger partial charge in [0, 0.05) is 12.3 Å². The number of carboxylic acid groups (broad SMARTS) is 1. The molecule has 1 aromatic carbocycles. The molecule has 4 amide bonds. The van der Waals surface area contributed by atoms with E-state index in [9.17, 15) is 32.7 Å². The summed E-state index contributed by atoms with van der Waals surface area (Å²) in [5.74, 6) is -2.25. The zero-order valence-electron chi connectivity index (χ0n) is 29.0. The van der Waals surface area contributed by atoms with Crippen LogP contribution in [0.1, 0.15) is 72.1 Å². The second kappa shape index (κ2) is 14.6. The smallest absolute Gasteiger partial charge is 0.405 e. The van der Waals surface area contributed by atoms with Gasteiger partial charge in [0.05, 0.1) is 29.2 Å². The van der Waals surface area contributed by atoms with Crippen molar-refractivity contribution in [3.63, 3.8) is 0 Å². The van der Waals surface area contributed by atoms with Crippen LogP contribution in [0.25, 0.3) is 10.8 Å². The maximum Gasteiger partial charge on any atom is 0.405 e. The molecule has 6 rings (SSSR count). The molecule has 2 saturated carbocycles. The predicted molar refractivity (Wildman–Crippen MR) is 185 cm³/mol. The molecule has 16 heteroatoms. The lowest BCUT2D eigenvalue weighted by molar-refractivity contribution is -0.142. The summed E-state index contributed by atoms with van der Waals surface area (Å²) in [6.07, 6.45) is 5.23. The van der Waals surface area contributed by atoms with Crippen molar-refractivity contribution in [3.8, 4) is 11.8 Å². The summed E-state index contributed by atoms with van der Waals surface area (Å²) < 4.78 is 39.8. The molecular weight excluding hydrogens is 680 g/mol. The number of carbonyl (C=O) groups excluding carboxylic acids is 3. The number of hydrogen-bond acceptors (Lipinski definition) is 10. The molecule has 3 heterocycles. The summed E-state index contributed by atoms with van der Waals surface area (Å²) in [7, 11) is -3.91. The minimum absolute atomic E-state index is 0.00758. The van der Waals surface area contributed by atoms with E-state index in [4.69, 9.17) is 9.47 Å². The number of benzene rings is 1. The number of nitrogens with one attached hydrogen (secondary N) is 3. The Hall–Kier alpha value is -4.47. The lowest BCUT2D eigenvalue weighted by Gasteiger charge is -2.33. The first-order valence-corrected chi connectivity index (χ1v) is 19.3. The minimum Gasteiger partial charge on any atom is -0.476 e. The van der Waals surface area contributed by atoms with Crippen LogP contribution in [0.4, 0.5) is 4.79 Å². The van der Waals surface area contributed by atoms with Gasteiger partial charge in [-0.15, -0.1) is 10.2 Å². The van der Waals surface area contributed by atoms with E-state index in [1.165, 1.54) is 4.90 Å². The van der Waals surface area contributed by atoms with Gasteiger partial charge in [0.2, 0.25) is 33.6 Å². The number of amides is 4. The Morgan fingerprint density at radius 3 is 2.45 bits per heavy atom. The molecule has 1 aromatic heterocycles. The third kappa shape index (κ3) is 7.75. The monoisotopic (exact) mass is 726 g/mol. The van der Waals surface area contributed by atoms with E-state index in [1.54, 1.807) is 6.07 Å². The first-order chi connectivity index (χ1) is 24.4. The van der Waals surface area contributed by atoms with Gasteiger partial charge in [-0.05, 0) is 69.4 Å². The van der Waals surface area contributed by atoms with E-state index in [0.29, 0.717) is 55.4 Å². The average Bonchev–Trinajstić information content (AvgIpc) is 4.02. The van der Waals surface area contributed by atoms with Crippen LogP contribution >= 0.6 is 0 Å². The number of aromatic nitrogens is 2. The van der Waals surface area contributed by atoms with Gasteiger partial charge in [-0.25, -0.2) is 13.2 Å². The summed E-state index contributed by atoms with van der Waals surface area (Å²) in [6.45, 7) is 6.07. The van der Waals surface area contributed by atoms with Gasteiger partial charge in [0.1, 0.15) is 23.7 Å². The minimum atomic E-state index is -3.91. The maximum atomic E-state index is 14.5. The van der Waals surface area contributed by atoms with Crippen molar-refractivity contribution in [1.82, 2.24) is 30.5 Å². The summed E-state index contributed by atoms with van der Waals surface area (Å²) in [5.41, 5.74) is -1.53.